The number of methoxy groups -OCH3 is 1. The highest BCUT2D eigenvalue weighted by atomic mass is 19.1. The van der Waals surface area contributed by atoms with Crippen molar-refractivity contribution in [1.82, 2.24) is 9.88 Å². The first kappa shape index (κ1) is 19.3. The molecule has 29 heavy (non-hydrogen) atoms. The number of carbonyl (C=O) groups excluding carboxylic acids is 1. The van der Waals surface area contributed by atoms with Crippen LogP contribution < -0.4 is 9.47 Å². The number of fused-ring (bicyclic) bond motifs is 1. The molecule has 0 aliphatic carbocycles. The number of nitrogens with one attached hydrogen (secondary N) is 1. The number of aliphatic hydroxyl groups excluding tert-OH is 1. The van der Waals surface area contributed by atoms with Crippen molar-refractivity contribution in [3.05, 3.63) is 60.0 Å². The zero-order valence-electron chi connectivity index (χ0n) is 16.1. The van der Waals surface area contributed by atoms with Gasteiger partial charge in [0.25, 0.3) is 5.91 Å². The Labute approximate surface area is 167 Å². The number of ether oxygens (including phenoxy) is 2. The average Bonchev–Trinajstić information content (AvgIpc) is 3.10. The molecule has 4 rings (SSSR count). The summed E-state index contributed by atoms with van der Waals surface area (Å²) in [6.07, 6.45) is -0.243. The van der Waals surface area contributed by atoms with E-state index in [1.165, 1.54) is 6.07 Å². The summed E-state index contributed by atoms with van der Waals surface area (Å²) in [6, 6.07) is 13.6. The molecule has 0 spiro atoms. The van der Waals surface area contributed by atoms with Crippen LogP contribution in [0.5, 0.6) is 11.5 Å². The molecule has 6 nitrogen and oxygen atoms in total. The number of likely N-dealkylation sites (tertiary alicyclic amines) is 1. The molecule has 1 amide bonds. The van der Waals surface area contributed by atoms with Gasteiger partial charge in [0.15, 0.2) is 0 Å². The van der Waals surface area contributed by atoms with Crippen LogP contribution in [0, 0.1) is 5.82 Å². The summed E-state index contributed by atoms with van der Waals surface area (Å²) < 4.78 is 25.1. The van der Waals surface area contributed by atoms with Crippen molar-refractivity contribution in [2.24, 2.45) is 0 Å². The molecule has 7 heteroatoms. The maximum Gasteiger partial charge on any atom is 0.270 e. The quantitative estimate of drug-likeness (QED) is 0.707. The third kappa shape index (κ3) is 4.05. The highest BCUT2D eigenvalue weighted by molar-refractivity contribution is 5.98. The first-order valence-electron chi connectivity index (χ1n) is 9.60. The summed E-state index contributed by atoms with van der Waals surface area (Å²) in [4.78, 5) is 17.5. The number of para-hydroxylation sites is 1. The minimum Gasteiger partial charge on any atom is -0.497 e. The van der Waals surface area contributed by atoms with E-state index in [9.17, 15) is 14.3 Å². The predicted molar refractivity (Wildman–Crippen MR) is 107 cm³/mol. The van der Waals surface area contributed by atoms with Crippen LogP contribution in [-0.2, 0) is 0 Å². The van der Waals surface area contributed by atoms with Gasteiger partial charge in [0.05, 0.1) is 18.7 Å². The molecule has 0 saturated carbocycles. The molecular weight excluding hydrogens is 375 g/mol. The van der Waals surface area contributed by atoms with Crippen molar-refractivity contribution in [3.8, 4) is 11.5 Å². The summed E-state index contributed by atoms with van der Waals surface area (Å²) in [5.74, 6) is 0.683. The van der Waals surface area contributed by atoms with E-state index in [0.717, 1.165) is 0 Å². The summed E-state index contributed by atoms with van der Waals surface area (Å²) in [7, 11) is 1.58. The number of rotatable bonds is 4. The SMILES string of the molecule is COc1cccc(O[C@H]2CCN(C(=O)c3cc4cccc(F)c4[nH]3)CC[C@@H]2O)c1. The number of halogens is 1. The molecule has 0 bridgehead atoms. The maximum atomic E-state index is 13.9. The first-order valence-corrected chi connectivity index (χ1v) is 9.60. The number of aromatic nitrogens is 1. The second kappa shape index (κ2) is 8.13. The maximum absolute atomic E-state index is 13.9. The lowest BCUT2D eigenvalue weighted by molar-refractivity contribution is 0.0349. The van der Waals surface area contributed by atoms with Crippen molar-refractivity contribution >= 4 is 16.8 Å². The van der Waals surface area contributed by atoms with Crippen LogP contribution in [0.25, 0.3) is 10.9 Å². The van der Waals surface area contributed by atoms with Gasteiger partial charge >= 0.3 is 0 Å². The molecule has 1 fully saturated rings. The number of aliphatic hydroxyl groups is 1. The van der Waals surface area contributed by atoms with E-state index < -0.39 is 12.2 Å². The van der Waals surface area contributed by atoms with E-state index >= 15 is 0 Å². The minimum absolute atomic E-state index is 0.213. The molecule has 3 aromatic rings. The number of benzene rings is 2. The Kier molecular flexibility index (Phi) is 5.40. The number of aromatic amines is 1. The Morgan fingerprint density at radius 2 is 1.90 bits per heavy atom. The van der Waals surface area contributed by atoms with Gasteiger partial charge in [0.1, 0.15) is 29.1 Å². The van der Waals surface area contributed by atoms with E-state index in [1.54, 1.807) is 36.3 Å². The van der Waals surface area contributed by atoms with Crippen LogP contribution in [-0.4, -0.2) is 53.3 Å². The van der Waals surface area contributed by atoms with Crippen LogP contribution in [0.3, 0.4) is 0 Å². The lowest BCUT2D eigenvalue weighted by atomic mass is 10.1. The topological polar surface area (TPSA) is 74.8 Å². The number of hydrogen-bond acceptors (Lipinski definition) is 4. The molecule has 2 N–H and O–H groups in total. The Hall–Kier alpha value is -3.06. The largest absolute Gasteiger partial charge is 0.497 e. The van der Waals surface area contributed by atoms with Crippen molar-refractivity contribution < 1.29 is 23.8 Å². The van der Waals surface area contributed by atoms with Crippen molar-refractivity contribution in [3.63, 3.8) is 0 Å². The summed E-state index contributed by atoms with van der Waals surface area (Å²) >= 11 is 0. The van der Waals surface area contributed by atoms with Gasteiger partial charge in [0, 0.05) is 31.0 Å². The molecule has 0 unspecified atom stereocenters. The van der Waals surface area contributed by atoms with Crippen LogP contribution in [0.15, 0.2) is 48.5 Å². The van der Waals surface area contributed by atoms with Crippen molar-refractivity contribution in [2.75, 3.05) is 20.2 Å². The fourth-order valence-electron chi connectivity index (χ4n) is 3.66. The number of H-pyrrole nitrogens is 1. The van der Waals surface area contributed by atoms with E-state index in [2.05, 4.69) is 4.98 Å². The molecule has 2 heterocycles. The average molecular weight is 398 g/mol. The van der Waals surface area contributed by atoms with Crippen LogP contribution in [0.4, 0.5) is 4.39 Å². The lowest BCUT2D eigenvalue weighted by Crippen LogP contribution is -2.32. The van der Waals surface area contributed by atoms with Gasteiger partial charge in [-0.2, -0.15) is 0 Å². The standard InChI is InChI=1S/C22H23FN2O4/c1-28-15-5-3-6-16(13-15)29-20-9-11-25(10-8-19(20)26)22(27)18-12-14-4-2-7-17(23)21(14)24-18/h2-7,12-13,19-20,24,26H,8-11H2,1H3/t19-,20-/m0/s1. The van der Waals surface area contributed by atoms with Crippen LogP contribution >= 0.6 is 0 Å². The van der Waals surface area contributed by atoms with Gasteiger partial charge in [0.2, 0.25) is 0 Å². The Morgan fingerprint density at radius 1 is 1.14 bits per heavy atom. The van der Waals surface area contributed by atoms with Gasteiger partial charge < -0.3 is 24.5 Å². The van der Waals surface area contributed by atoms with Crippen LogP contribution in [0.2, 0.25) is 0 Å². The van der Waals surface area contributed by atoms with Crippen molar-refractivity contribution in [1.29, 1.82) is 0 Å². The first-order chi connectivity index (χ1) is 14.0. The molecule has 152 valence electrons. The Morgan fingerprint density at radius 3 is 2.69 bits per heavy atom. The highest BCUT2D eigenvalue weighted by Crippen LogP contribution is 2.25. The van der Waals surface area contributed by atoms with Gasteiger partial charge in [-0.15, -0.1) is 0 Å². The van der Waals surface area contributed by atoms with E-state index in [1.807, 2.05) is 18.2 Å². The third-order valence-electron chi connectivity index (χ3n) is 5.26. The monoisotopic (exact) mass is 398 g/mol. The third-order valence-corrected chi connectivity index (χ3v) is 5.26. The molecular formula is C22H23FN2O4. The summed E-state index contributed by atoms with van der Waals surface area (Å²) in [5, 5.41) is 11.2. The van der Waals surface area contributed by atoms with Gasteiger partial charge in [-0.1, -0.05) is 18.2 Å². The summed E-state index contributed by atoms with van der Waals surface area (Å²) in [5.41, 5.74) is 0.664. The molecule has 1 saturated heterocycles. The van der Waals surface area contributed by atoms with E-state index in [4.69, 9.17) is 9.47 Å². The number of nitrogens with zero attached hydrogens (tertiary/aromatic N) is 1. The Balaban J connectivity index is 1.46. The fraction of sp³-hybridized carbons (Fsp3) is 0.318. The normalized spacial score (nSPS) is 19.8. The number of amides is 1. The lowest BCUT2D eigenvalue weighted by Gasteiger charge is -2.22. The van der Waals surface area contributed by atoms with Gasteiger partial charge in [-0.25, -0.2) is 4.39 Å². The summed E-state index contributed by atoms with van der Waals surface area (Å²) in [6.45, 7) is 0.832. The highest BCUT2D eigenvalue weighted by Gasteiger charge is 2.29. The minimum atomic E-state index is -0.695. The second-order valence-electron chi connectivity index (χ2n) is 7.16. The predicted octanol–water partition coefficient (Wildman–Crippen LogP) is 3.36. The van der Waals surface area contributed by atoms with Gasteiger partial charge in [-0.3, -0.25) is 4.79 Å². The number of hydrogen-bond donors (Lipinski definition) is 2. The second-order valence-corrected chi connectivity index (χ2v) is 7.16. The zero-order chi connectivity index (χ0) is 20.4. The smallest absolute Gasteiger partial charge is 0.270 e. The molecule has 1 aliphatic heterocycles. The van der Waals surface area contributed by atoms with E-state index in [0.29, 0.717) is 54.0 Å². The van der Waals surface area contributed by atoms with E-state index in [-0.39, 0.29) is 11.7 Å². The zero-order valence-corrected chi connectivity index (χ0v) is 16.1. The van der Waals surface area contributed by atoms with Gasteiger partial charge in [-0.05, 0) is 30.7 Å². The fourth-order valence-corrected chi connectivity index (χ4v) is 3.66. The molecule has 1 aromatic heterocycles. The molecule has 2 aromatic carbocycles. The molecule has 1 aliphatic rings. The molecule has 2 atom stereocenters. The van der Waals surface area contributed by atoms with Crippen molar-refractivity contribution in [2.45, 2.75) is 25.0 Å². The molecule has 0 radical (unpaired) electrons. The number of carbonyl (C=O) groups is 1. The van der Waals surface area contributed by atoms with Crippen LogP contribution in [0.1, 0.15) is 23.3 Å². The Bertz CT molecular complexity index is 1020.